The number of nitrogens with zero attached hydrogens (tertiary/aromatic N) is 1. The first-order valence-corrected chi connectivity index (χ1v) is 4.04. The molecule has 2 heterocycles. The minimum atomic E-state index is 0.126. The van der Waals surface area contributed by atoms with Gasteiger partial charge < -0.3 is 0 Å². The number of hydrazine groups is 1. The van der Waals surface area contributed by atoms with Crippen LogP contribution >= 0.6 is 0 Å². The van der Waals surface area contributed by atoms with E-state index in [0.717, 1.165) is 5.69 Å². The largest absolute Gasteiger partial charge is 0.280 e. The molecule has 3 N–H and O–H groups in total. The summed E-state index contributed by atoms with van der Waals surface area (Å²) in [7, 11) is 0. The molecule has 0 saturated carbocycles. The number of hydrogen-bond acceptors (Lipinski definition) is 4. The van der Waals surface area contributed by atoms with E-state index < -0.39 is 0 Å². The maximum atomic E-state index is 4.23. The van der Waals surface area contributed by atoms with Gasteiger partial charge in [0.05, 0.1) is 11.9 Å². The summed E-state index contributed by atoms with van der Waals surface area (Å²) >= 11 is 0. The average molecular weight is 164 g/mol. The van der Waals surface area contributed by atoms with Crippen LogP contribution in [0, 0.1) is 0 Å². The minimum absolute atomic E-state index is 0.126. The van der Waals surface area contributed by atoms with Gasteiger partial charge in [-0.2, -0.15) is 0 Å². The number of hydrogen-bond donors (Lipinski definition) is 3. The molecule has 0 aliphatic carbocycles. The lowest BCUT2D eigenvalue weighted by molar-refractivity contribution is 0.540. The zero-order chi connectivity index (χ0) is 8.39. The van der Waals surface area contributed by atoms with Crippen molar-refractivity contribution in [1.29, 1.82) is 0 Å². The summed E-state index contributed by atoms with van der Waals surface area (Å²) < 4.78 is 0. The second-order valence-corrected chi connectivity index (χ2v) is 2.86. The van der Waals surface area contributed by atoms with E-state index in [9.17, 15) is 0 Å². The Morgan fingerprint density at radius 1 is 1.33 bits per heavy atom. The molecular weight excluding hydrogens is 152 g/mol. The van der Waals surface area contributed by atoms with E-state index in [2.05, 4.69) is 28.1 Å². The van der Waals surface area contributed by atoms with Crippen LogP contribution in [0.2, 0.25) is 0 Å². The Hall–Kier alpha value is -0.970. The number of pyridine rings is 1. The van der Waals surface area contributed by atoms with Gasteiger partial charge in [-0.3, -0.25) is 10.3 Å². The van der Waals surface area contributed by atoms with E-state index >= 15 is 0 Å². The van der Waals surface area contributed by atoms with E-state index in [1.165, 1.54) is 0 Å². The van der Waals surface area contributed by atoms with Gasteiger partial charge >= 0.3 is 0 Å². The molecule has 4 heteroatoms. The van der Waals surface area contributed by atoms with Gasteiger partial charge in [0.15, 0.2) is 0 Å². The molecule has 12 heavy (non-hydrogen) atoms. The van der Waals surface area contributed by atoms with Gasteiger partial charge in [-0.05, 0) is 19.1 Å². The van der Waals surface area contributed by atoms with Crippen LogP contribution < -0.4 is 16.2 Å². The lowest BCUT2D eigenvalue weighted by Gasteiger charge is -2.08. The fourth-order valence-electron chi connectivity index (χ4n) is 1.25. The Morgan fingerprint density at radius 3 is 2.83 bits per heavy atom. The maximum Gasteiger partial charge on any atom is 0.115 e. The second-order valence-electron chi connectivity index (χ2n) is 2.86. The summed E-state index contributed by atoms with van der Waals surface area (Å²) in [6.45, 7) is 2.05. The van der Waals surface area contributed by atoms with Crippen molar-refractivity contribution in [3.05, 3.63) is 30.1 Å². The third-order valence-corrected chi connectivity index (χ3v) is 1.84. The fraction of sp³-hybridized carbons (Fsp3) is 0.375. The lowest BCUT2D eigenvalue weighted by atomic mass is 10.3. The predicted molar refractivity (Wildman–Crippen MR) is 45.8 cm³/mol. The van der Waals surface area contributed by atoms with E-state index in [-0.39, 0.29) is 12.3 Å². The first-order chi connectivity index (χ1) is 5.86. The standard InChI is InChI=1S/C8H12N4/c1-6-10-8(12-11-6)7-4-2-3-5-9-7/h2-6,8,10-12H,1H3. The topological polar surface area (TPSA) is 49.0 Å². The van der Waals surface area contributed by atoms with Gasteiger partial charge in [0.1, 0.15) is 6.17 Å². The van der Waals surface area contributed by atoms with Gasteiger partial charge in [-0.15, -0.1) is 0 Å². The third kappa shape index (κ3) is 1.45. The zero-order valence-corrected chi connectivity index (χ0v) is 6.91. The van der Waals surface area contributed by atoms with E-state index in [4.69, 9.17) is 0 Å². The van der Waals surface area contributed by atoms with E-state index in [1.807, 2.05) is 18.2 Å². The summed E-state index contributed by atoms with van der Waals surface area (Å²) in [5.41, 5.74) is 7.17. The first kappa shape index (κ1) is 7.67. The van der Waals surface area contributed by atoms with Crippen LogP contribution in [0.1, 0.15) is 18.8 Å². The Morgan fingerprint density at radius 2 is 2.25 bits per heavy atom. The highest BCUT2D eigenvalue weighted by atomic mass is 15.5. The molecule has 1 aliphatic rings. The number of aromatic nitrogens is 1. The molecule has 4 nitrogen and oxygen atoms in total. The Bertz CT molecular complexity index is 248. The van der Waals surface area contributed by atoms with Crippen LogP contribution in [-0.2, 0) is 0 Å². The quantitative estimate of drug-likeness (QED) is 0.552. The van der Waals surface area contributed by atoms with Crippen LogP contribution in [0.5, 0.6) is 0 Å². The van der Waals surface area contributed by atoms with Crippen LogP contribution in [0.3, 0.4) is 0 Å². The van der Waals surface area contributed by atoms with Gasteiger partial charge in [0.25, 0.3) is 0 Å². The molecule has 0 bridgehead atoms. The third-order valence-electron chi connectivity index (χ3n) is 1.84. The molecule has 0 spiro atoms. The van der Waals surface area contributed by atoms with Crippen LogP contribution in [0.15, 0.2) is 24.4 Å². The molecule has 0 aromatic carbocycles. The van der Waals surface area contributed by atoms with Gasteiger partial charge in [-0.25, -0.2) is 10.9 Å². The van der Waals surface area contributed by atoms with Crippen molar-refractivity contribution in [2.45, 2.75) is 19.3 Å². The highest BCUT2D eigenvalue weighted by Crippen LogP contribution is 2.08. The maximum absolute atomic E-state index is 4.23. The highest BCUT2D eigenvalue weighted by molar-refractivity contribution is 5.08. The zero-order valence-electron chi connectivity index (χ0n) is 6.91. The highest BCUT2D eigenvalue weighted by Gasteiger charge is 2.20. The lowest BCUT2D eigenvalue weighted by Crippen LogP contribution is -2.30. The van der Waals surface area contributed by atoms with Crippen molar-refractivity contribution in [1.82, 2.24) is 21.2 Å². The summed E-state index contributed by atoms with van der Waals surface area (Å²) in [4.78, 5) is 4.23. The smallest absolute Gasteiger partial charge is 0.115 e. The molecule has 1 aliphatic heterocycles. The Labute approximate surface area is 71.4 Å². The number of rotatable bonds is 1. The van der Waals surface area contributed by atoms with Crippen LogP contribution in [0.25, 0.3) is 0 Å². The predicted octanol–water partition coefficient (Wildman–Crippen LogP) is 0.124. The summed E-state index contributed by atoms with van der Waals surface area (Å²) in [5, 5.41) is 3.29. The van der Waals surface area contributed by atoms with Crippen molar-refractivity contribution in [3.63, 3.8) is 0 Å². The van der Waals surface area contributed by atoms with Crippen molar-refractivity contribution in [2.75, 3.05) is 0 Å². The van der Waals surface area contributed by atoms with Crippen molar-refractivity contribution < 1.29 is 0 Å². The first-order valence-electron chi connectivity index (χ1n) is 4.04. The van der Waals surface area contributed by atoms with Crippen molar-refractivity contribution >= 4 is 0 Å². The molecule has 1 saturated heterocycles. The van der Waals surface area contributed by atoms with Crippen molar-refractivity contribution in [2.24, 2.45) is 0 Å². The normalized spacial score (nSPS) is 29.1. The van der Waals surface area contributed by atoms with E-state index in [1.54, 1.807) is 6.20 Å². The molecule has 2 rings (SSSR count). The molecule has 2 atom stereocenters. The van der Waals surface area contributed by atoms with Gasteiger partial charge in [0, 0.05) is 6.20 Å². The molecule has 1 aromatic rings. The fourth-order valence-corrected chi connectivity index (χ4v) is 1.25. The molecule has 0 radical (unpaired) electrons. The second kappa shape index (κ2) is 3.18. The van der Waals surface area contributed by atoms with Crippen LogP contribution in [0.4, 0.5) is 0 Å². The SMILES string of the molecule is CC1NNC(c2ccccn2)N1. The molecule has 1 fully saturated rings. The number of nitrogens with one attached hydrogen (secondary N) is 3. The van der Waals surface area contributed by atoms with Crippen LogP contribution in [-0.4, -0.2) is 11.1 Å². The van der Waals surface area contributed by atoms with Gasteiger partial charge in [-0.1, -0.05) is 6.07 Å². The van der Waals surface area contributed by atoms with Gasteiger partial charge in [0.2, 0.25) is 0 Å². The Balaban J connectivity index is 2.11. The summed E-state index contributed by atoms with van der Waals surface area (Å²) in [6.07, 6.45) is 2.21. The monoisotopic (exact) mass is 164 g/mol. The minimum Gasteiger partial charge on any atom is -0.280 e. The van der Waals surface area contributed by atoms with Crippen molar-refractivity contribution in [3.8, 4) is 0 Å². The summed E-state index contributed by atoms with van der Waals surface area (Å²) in [5.74, 6) is 0. The molecule has 0 amide bonds. The average Bonchev–Trinajstić information content (AvgIpc) is 2.54. The molecule has 1 aromatic heterocycles. The molecule has 64 valence electrons. The Kier molecular flexibility index (Phi) is 2.03. The van der Waals surface area contributed by atoms with E-state index in [0.29, 0.717) is 0 Å². The molecule has 2 unspecified atom stereocenters. The summed E-state index contributed by atoms with van der Waals surface area (Å²) in [6, 6.07) is 5.88. The molecular formula is C8H12N4.